The van der Waals surface area contributed by atoms with Gasteiger partial charge in [0.1, 0.15) is 5.69 Å². The summed E-state index contributed by atoms with van der Waals surface area (Å²) >= 11 is 0. The summed E-state index contributed by atoms with van der Waals surface area (Å²) in [7, 11) is 2.18. The van der Waals surface area contributed by atoms with Crippen LogP contribution in [0, 0.1) is 0 Å². The smallest absolute Gasteiger partial charge is 0.272 e. The quantitative estimate of drug-likeness (QED) is 0.743. The Balaban J connectivity index is 1.75. The van der Waals surface area contributed by atoms with E-state index in [1.165, 1.54) is 0 Å². The van der Waals surface area contributed by atoms with Crippen molar-refractivity contribution < 1.29 is 9.59 Å². The number of fused-ring (bicyclic) bond motifs is 3. The molecule has 31 heavy (non-hydrogen) atoms. The summed E-state index contributed by atoms with van der Waals surface area (Å²) < 4.78 is 0. The SMILES string of the molecule is CCC(=O)N1CCC2CCCC(CN(C(=O)c3ccccn3)Cc3ccccc31)N2C. The van der Waals surface area contributed by atoms with Gasteiger partial charge in [-0.15, -0.1) is 0 Å². The van der Waals surface area contributed by atoms with Crippen LogP contribution in [0.4, 0.5) is 5.69 Å². The minimum absolute atomic E-state index is 0.0569. The molecule has 0 aliphatic carbocycles. The van der Waals surface area contributed by atoms with Crippen molar-refractivity contribution in [2.45, 2.75) is 57.7 Å². The van der Waals surface area contributed by atoms with Crippen molar-refractivity contribution in [3.8, 4) is 0 Å². The van der Waals surface area contributed by atoms with Crippen molar-refractivity contribution in [3.63, 3.8) is 0 Å². The van der Waals surface area contributed by atoms with Gasteiger partial charge in [0.15, 0.2) is 0 Å². The monoisotopic (exact) mass is 420 g/mol. The molecule has 4 rings (SSSR count). The number of aromatic nitrogens is 1. The van der Waals surface area contributed by atoms with Gasteiger partial charge in [0.2, 0.25) is 5.91 Å². The molecule has 0 N–H and O–H groups in total. The number of nitrogens with zero attached hydrogens (tertiary/aromatic N) is 4. The Bertz CT molecular complexity index is 917. The van der Waals surface area contributed by atoms with Crippen LogP contribution in [0.2, 0.25) is 0 Å². The van der Waals surface area contributed by atoms with Gasteiger partial charge in [-0.3, -0.25) is 19.5 Å². The molecule has 0 radical (unpaired) electrons. The zero-order valence-corrected chi connectivity index (χ0v) is 18.5. The summed E-state index contributed by atoms with van der Waals surface area (Å²) in [4.78, 5) is 37.0. The van der Waals surface area contributed by atoms with Gasteiger partial charge < -0.3 is 9.80 Å². The molecule has 2 aliphatic rings. The summed E-state index contributed by atoms with van der Waals surface area (Å²) in [5.41, 5.74) is 2.39. The molecule has 3 heterocycles. The highest BCUT2D eigenvalue weighted by molar-refractivity contribution is 5.94. The molecule has 2 aliphatic heterocycles. The molecule has 2 aromatic rings. The number of rotatable bonds is 2. The van der Waals surface area contributed by atoms with Crippen molar-refractivity contribution in [1.29, 1.82) is 0 Å². The van der Waals surface area contributed by atoms with Crippen LogP contribution in [0.25, 0.3) is 0 Å². The lowest BCUT2D eigenvalue weighted by Gasteiger charge is -2.41. The molecule has 1 fully saturated rings. The van der Waals surface area contributed by atoms with E-state index in [-0.39, 0.29) is 11.8 Å². The standard InChI is InChI=1S/C25H32N4O2/c1-3-24(30)29-16-14-20-10-8-11-21(27(20)2)18-28(17-19-9-4-5-13-23(19)29)25(31)22-12-6-7-15-26-22/h4-7,9,12-13,15,20-21H,3,8,10-11,14,16-18H2,1-2H3. The Kier molecular flexibility index (Phi) is 6.66. The highest BCUT2D eigenvalue weighted by atomic mass is 16.2. The molecule has 1 saturated heterocycles. The predicted molar refractivity (Wildman–Crippen MR) is 122 cm³/mol. The van der Waals surface area contributed by atoms with Crippen molar-refractivity contribution in [3.05, 3.63) is 59.9 Å². The predicted octanol–water partition coefficient (Wildman–Crippen LogP) is 3.72. The Hall–Kier alpha value is -2.73. The van der Waals surface area contributed by atoms with Gasteiger partial charge in [-0.25, -0.2) is 0 Å². The van der Waals surface area contributed by atoms with E-state index in [1.807, 2.05) is 53.1 Å². The summed E-state index contributed by atoms with van der Waals surface area (Å²) in [6.45, 7) is 3.75. The van der Waals surface area contributed by atoms with E-state index in [0.717, 1.165) is 36.9 Å². The summed E-state index contributed by atoms with van der Waals surface area (Å²) in [6, 6.07) is 14.2. The average molecular weight is 421 g/mol. The summed E-state index contributed by atoms with van der Waals surface area (Å²) in [6.07, 6.45) is 6.45. The Labute approximate surface area is 184 Å². The third-order valence-corrected chi connectivity index (χ3v) is 6.76. The summed E-state index contributed by atoms with van der Waals surface area (Å²) in [5, 5.41) is 0. The lowest BCUT2D eigenvalue weighted by molar-refractivity contribution is -0.118. The van der Waals surface area contributed by atoms with Crippen LogP contribution in [0.5, 0.6) is 0 Å². The molecule has 2 bridgehead atoms. The number of benzene rings is 1. The average Bonchev–Trinajstić information content (AvgIpc) is 2.82. The van der Waals surface area contributed by atoms with Crippen molar-refractivity contribution in [2.24, 2.45) is 0 Å². The van der Waals surface area contributed by atoms with Gasteiger partial charge in [0.25, 0.3) is 5.91 Å². The van der Waals surface area contributed by atoms with Gasteiger partial charge in [-0.05, 0) is 50.1 Å². The number of para-hydroxylation sites is 1. The highest BCUT2D eigenvalue weighted by Crippen LogP contribution is 2.30. The largest absolute Gasteiger partial charge is 0.331 e. The maximum absolute atomic E-state index is 13.5. The van der Waals surface area contributed by atoms with Crippen LogP contribution in [0.3, 0.4) is 0 Å². The number of amides is 2. The normalized spacial score (nSPS) is 22.4. The minimum Gasteiger partial charge on any atom is -0.331 e. The molecule has 0 spiro atoms. The molecule has 2 unspecified atom stereocenters. The molecule has 1 aromatic carbocycles. The van der Waals surface area contributed by atoms with E-state index in [9.17, 15) is 9.59 Å². The molecule has 2 amide bonds. The van der Waals surface area contributed by atoms with E-state index in [4.69, 9.17) is 0 Å². The third-order valence-electron chi connectivity index (χ3n) is 6.76. The van der Waals surface area contributed by atoms with Crippen molar-refractivity contribution in [1.82, 2.24) is 14.8 Å². The first-order valence-corrected chi connectivity index (χ1v) is 11.4. The number of anilines is 1. The van der Waals surface area contributed by atoms with E-state index in [2.05, 4.69) is 16.9 Å². The first kappa shape index (κ1) is 21.5. The van der Waals surface area contributed by atoms with Gasteiger partial charge in [-0.2, -0.15) is 0 Å². The van der Waals surface area contributed by atoms with Gasteiger partial charge >= 0.3 is 0 Å². The molecule has 2 atom stereocenters. The maximum Gasteiger partial charge on any atom is 0.272 e. The number of pyridine rings is 1. The minimum atomic E-state index is -0.0569. The fourth-order valence-corrected chi connectivity index (χ4v) is 4.95. The molecule has 0 saturated carbocycles. The number of hydrogen-bond donors (Lipinski definition) is 0. The summed E-state index contributed by atoms with van der Waals surface area (Å²) in [5.74, 6) is 0.0721. The number of piperidine rings is 1. The Morgan fingerprint density at radius 1 is 1.03 bits per heavy atom. The van der Waals surface area contributed by atoms with Crippen LogP contribution in [0.15, 0.2) is 48.7 Å². The molecule has 1 aromatic heterocycles. The van der Waals surface area contributed by atoms with E-state index >= 15 is 0 Å². The Morgan fingerprint density at radius 3 is 2.58 bits per heavy atom. The molecular formula is C25H32N4O2. The van der Waals surface area contributed by atoms with E-state index in [1.54, 1.807) is 12.3 Å². The van der Waals surface area contributed by atoms with Gasteiger partial charge in [-0.1, -0.05) is 37.6 Å². The van der Waals surface area contributed by atoms with Crippen molar-refractivity contribution >= 4 is 17.5 Å². The lowest BCUT2D eigenvalue weighted by Crippen LogP contribution is -2.50. The van der Waals surface area contributed by atoms with Gasteiger partial charge in [0, 0.05) is 50.0 Å². The second-order valence-corrected chi connectivity index (χ2v) is 8.62. The van der Waals surface area contributed by atoms with Crippen molar-refractivity contribution in [2.75, 3.05) is 25.0 Å². The highest BCUT2D eigenvalue weighted by Gasteiger charge is 2.33. The first-order valence-electron chi connectivity index (χ1n) is 11.4. The van der Waals surface area contributed by atoms with Crippen LogP contribution in [-0.2, 0) is 11.3 Å². The molecule has 6 heteroatoms. The number of likely N-dealkylation sites (N-methyl/N-ethyl adjacent to an activating group) is 1. The van der Waals surface area contributed by atoms with E-state index in [0.29, 0.717) is 43.8 Å². The molecule has 6 nitrogen and oxygen atoms in total. The number of carbonyl (C=O) groups excluding carboxylic acids is 2. The molecular weight excluding hydrogens is 388 g/mol. The van der Waals surface area contributed by atoms with E-state index < -0.39 is 0 Å². The second-order valence-electron chi connectivity index (χ2n) is 8.62. The third kappa shape index (κ3) is 4.64. The second kappa shape index (κ2) is 9.60. The fourth-order valence-electron chi connectivity index (χ4n) is 4.95. The fraction of sp³-hybridized carbons (Fsp3) is 0.480. The maximum atomic E-state index is 13.5. The van der Waals surface area contributed by atoms with Gasteiger partial charge in [0.05, 0.1) is 0 Å². The van der Waals surface area contributed by atoms with Crippen LogP contribution in [0.1, 0.15) is 55.1 Å². The van der Waals surface area contributed by atoms with Crippen LogP contribution < -0.4 is 4.90 Å². The molecule has 164 valence electrons. The zero-order valence-electron chi connectivity index (χ0n) is 18.5. The Morgan fingerprint density at radius 2 is 1.81 bits per heavy atom. The van der Waals surface area contributed by atoms with Crippen LogP contribution in [-0.4, -0.2) is 58.8 Å². The van der Waals surface area contributed by atoms with Crippen LogP contribution >= 0.6 is 0 Å². The number of hydrogen-bond acceptors (Lipinski definition) is 4. The lowest BCUT2D eigenvalue weighted by atomic mass is 9.93. The first-order chi connectivity index (χ1) is 15.1. The number of carbonyl (C=O) groups is 2. The zero-order chi connectivity index (χ0) is 21.8. The topological polar surface area (TPSA) is 56.8 Å².